The van der Waals surface area contributed by atoms with E-state index in [1.54, 1.807) is 0 Å². The molecule has 3 heterocycles. The van der Waals surface area contributed by atoms with Gasteiger partial charge >= 0.3 is 7.12 Å². The van der Waals surface area contributed by atoms with Crippen molar-refractivity contribution in [3.63, 3.8) is 0 Å². The first-order valence-electron chi connectivity index (χ1n) is 6.80. The Morgan fingerprint density at radius 2 is 1.89 bits per heavy atom. The molecule has 6 heteroatoms. The second-order valence-electron chi connectivity index (χ2n) is 6.44. The first-order valence-corrected chi connectivity index (χ1v) is 6.80. The van der Waals surface area contributed by atoms with E-state index in [9.17, 15) is 0 Å². The number of nitrogens with zero attached hydrogens (tertiary/aromatic N) is 2. The Kier molecular flexibility index (Phi) is 2.82. The van der Waals surface area contributed by atoms with Gasteiger partial charge in [0.1, 0.15) is 6.10 Å². The zero-order valence-corrected chi connectivity index (χ0v) is 12.3. The summed E-state index contributed by atoms with van der Waals surface area (Å²) >= 11 is 0. The third-order valence-corrected chi connectivity index (χ3v) is 4.28. The number of aromatic nitrogens is 2. The SMILES string of the molecule is Cc1nn(C[C@H]2CO2)cc1B1OC(C)(C)C(C)(C)O1. The Hall–Kier alpha value is -0.845. The maximum absolute atomic E-state index is 6.06. The van der Waals surface area contributed by atoms with E-state index >= 15 is 0 Å². The standard InChI is InChI=1S/C13H21BN2O3/c1-9-11(7-16(15-9)6-10-8-17-10)14-18-12(2,3)13(4,5)19-14/h7,10H,6,8H2,1-5H3/t10-/m0/s1. The summed E-state index contributed by atoms with van der Waals surface area (Å²) in [4.78, 5) is 0. The van der Waals surface area contributed by atoms with E-state index in [2.05, 4.69) is 32.8 Å². The number of hydrogen-bond donors (Lipinski definition) is 0. The summed E-state index contributed by atoms with van der Waals surface area (Å²) in [7, 11) is -0.334. The van der Waals surface area contributed by atoms with Crippen molar-refractivity contribution in [1.29, 1.82) is 0 Å². The van der Waals surface area contributed by atoms with Crippen molar-refractivity contribution >= 4 is 12.6 Å². The molecule has 0 N–H and O–H groups in total. The Morgan fingerprint density at radius 1 is 1.32 bits per heavy atom. The Labute approximate surface area is 114 Å². The zero-order valence-electron chi connectivity index (χ0n) is 12.3. The number of ether oxygens (including phenoxy) is 1. The lowest BCUT2D eigenvalue weighted by Gasteiger charge is -2.32. The zero-order chi connectivity index (χ0) is 13.8. The van der Waals surface area contributed by atoms with E-state index in [1.807, 2.05) is 17.8 Å². The summed E-state index contributed by atoms with van der Waals surface area (Å²) in [6, 6.07) is 0. The van der Waals surface area contributed by atoms with E-state index in [-0.39, 0.29) is 18.3 Å². The van der Waals surface area contributed by atoms with Crippen molar-refractivity contribution < 1.29 is 14.0 Å². The molecular weight excluding hydrogens is 243 g/mol. The molecule has 104 valence electrons. The van der Waals surface area contributed by atoms with Gasteiger partial charge in [-0.25, -0.2) is 0 Å². The Morgan fingerprint density at radius 3 is 2.42 bits per heavy atom. The highest BCUT2D eigenvalue weighted by Gasteiger charge is 2.52. The molecule has 0 bridgehead atoms. The average Bonchev–Trinajstić information content (AvgIpc) is 2.94. The van der Waals surface area contributed by atoms with E-state index in [0.717, 1.165) is 24.3 Å². The molecule has 0 aliphatic carbocycles. The fourth-order valence-corrected chi connectivity index (χ4v) is 2.21. The van der Waals surface area contributed by atoms with Crippen LogP contribution < -0.4 is 5.46 Å². The van der Waals surface area contributed by atoms with E-state index < -0.39 is 0 Å². The number of rotatable bonds is 3. The maximum Gasteiger partial charge on any atom is 0.498 e. The molecule has 1 aromatic heterocycles. The first-order chi connectivity index (χ1) is 8.78. The van der Waals surface area contributed by atoms with Crippen LogP contribution in [0.2, 0.25) is 0 Å². The largest absolute Gasteiger partial charge is 0.498 e. The summed E-state index contributed by atoms with van der Waals surface area (Å²) in [6.45, 7) is 11.9. The van der Waals surface area contributed by atoms with Gasteiger partial charge in [-0.3, -0.25) is 4.68 Å². The van der Waals surface area contributed by atoms with Crippen LogP contribution in [0, 0.1) is 6.92 Å². The molecule has 2 saturated heterocycles. The van der Waals surface area contributed by atoms with Crippen LogP contribution in [0.4, 0.5) is 0 Å². The molecular formula is C13H21BN2O3. The van der Waals surface area contributed by atoms with Gasteiger partial charge in [-0.2, -0.15) is 5.10 Å². The van der Waals surface area contributed by atoms with Gasteiger partial charge in [-0.1, -0.05) is 0 Å². The second kappa shape index (κ2) is 4.07. The van der Waals surface area contributed by atoms with Gasteiger partial charge in [0.2, 0.25) is 0 Å². The van der Waals surface area contributed by atoms with Crippen LogP contribution in [0.1, 0.15) is 33.4 Å². The minimum Gasteiger partial charge on any atom is -0.399 e. The Bertz CT molecular complexity index is 478. The van der Waals surface area contributed by atoms with Crippen LogP contribution in [0.15, 0.2) is 6.20 Å². The van der Waals surface area contributed by atoms with Gasteiger partial charge in [0.25, 0.3) is 0 Å². The van der Waals surface area contributed by atoms with Gasteiger partial charge in [0, 0.05) is 11.7 Å². The fraction of sp³-hybridized carbons (Fsp3) is 0.769. The van der Waals surface area contributed by atoms with Gasteiger partial charge in [-0.05, 0) is 34.6 Å². The van der Waals surface area contributed by atoms with Crippen molar-refractivity contribution in [2.75, 3.05) is 6.61 Å². The van der Waals surface area contributed by atoms with Crippen molar-refractivity contribution in [3.05, 3.63) is 11.9 Å². The maximum atomic E-state index is 6.06. The molecule has 3 rings (SSSR count). The predicted octanol–water partition coefficient (Wildman–Crippen LogP) is 0.890. The van der Waals surface area contributed by atoms with Crippen LogP contribution in [-0.2, 0) is 20.6 Å². The summed E-state index contributed by atoms with van der Waals surface area (Å²) < 4.78 is 19.3. The molecule has 0 saturated carbocycles. The lowest BCUT2D eigenvalue weighted by Crippen LogP contribution is -2.41. The third kappa shape index (κ3) is 2.33. The Balaban J connectivity index is 1.81. The molecule has 0 amide bonds. The minimum absolute atomic E-state index is 0.314. The molecule has 0 radical (unpaired) electrons. The summed E-state index contributed by atoms with van der Waals surface area (Å²) in [6.07, 6.45) is 2.34. The highest BCUT2D eigenvalue weighted by atomic mass is 16.7. The lowest BCUT2D eigenvalue weighted by atomic mass is 9.79. The quantitative estimate of drug-likeness (QED) is 0.601. The number of epoxide rings is 1. The summed E-state index contributed by atoms with van der Waals surface area (Å²) in [5, 5.41) is 4.51. The molecule has 0 aromatic carbocycles. The molecule has 0 unspecified atom stereocenters. The molecule has 2 aliphatic heterocycles. The van der Waals surface area contributed by atoms with Gasteiger partial charge in [-0.15, -0.1) is 0 Å². The van der Waals surface area contributed by atoms with Crippen LogP contribution in [-0.4, -0.2) is 40.8 Å². The number of aryl methyl sites for hydroxylation is 1. The van der Waals surface area contributed by atoms with Crippen molar-refractivity contribution in [3.8, 4) is 0 Å². The van der Waals surface area contributed by atoms with E-state index in [1.165, 1.54) is 0 Å². The van der Waals surface area contributed by atoms with Crippen molar-refractivity contribution in [2.45, 2.75) is 58.5 Å². The first kappa shape index (κ1) is 13.2. The molecule has 2 fully saturated rings. The fourth-order valence-electron chi connectivity index (χ4n) is 2.21. The molecule has 2 aliphatic rings. The lowest BCUT2D eigenvalue weighted by molar-refractivity contribution is 0.00578. The summed E-state index contributed by atoms with van der Waals surface area (Å²) in [5.74, 6) is 0. The monoisotopic (exact) mass is 264 g/mol. The molecule has 19 heavy (non-hydrogen) atoms. The van der Waals surface area contributed by atoms with Crippen molar-refractivity contribution in [2.24, 2.45) is 0 Å². The highest BCUT2D eigenvalue weighted by molar-refractivity contribution is 6.62. The van der Waals surface area contributed by atoms with Crippen LogP contribution >= 0.6 is 0 Å². The van der Waals surface area contributed by atoms with Crippen LogP contribution in [0.25, 0.3) is 0 Å². The van der Waals surface area contributed by atoms with Crippen LogP contribution in [0.3, 0.4) is 0 Å². The summed E-state index contributed by atoms with van der Waals surface area (Å²) in [5.41, 5.74) is 1.34. The normalized spacial score (nSPS) is 27.8. The van der Waals surface area contributed by atoms with Gasteiger partial charge < -0.3 is 14.0 Å². The van der Waals surface area contributed by atoms with Crippen molar-refractivity contribution in [1.82, 2.24) is 9.78 Å². The molecule has 1 atom stereocenters. The van der Waals surface area contributed by atoms with E-state index in [4.69, 9.17) is 14.0 Å². The van der Waals surface area contributed by atoms with Gasteiger partial charge in [0.15, 0.2) is 0 Å². The second-order valence-corrected chi connectivity index (χ2v) is 6.44. The highest BCUT2D eigenvalue weighted by Crippen LogP contribution is 2.36. The predicted molar refractivity (Wildman–Crippen MR) is 72.4 cm³/mol. The molecule has 1 aromatic rings. The smallest absolute Gasteiger partial charge is 0.399 e. The van der Waals surface area contributed by atoms with E-state index in [0.29, 0.717) is 6.10 Å². The van der Waals surface area contributed by atoms with Gasteiger partial charge in [0.05, 0.1) is 30.0 Å². The molecule has 0 spiro atoms. The van der Waals surface area contributed by atoms with Crippen LogP contribution in [0.5, 0.6) is 0 Å². The average molecular weight is 264 g/mol. The molecule has 5 nitrogen and oxygen atoms in total. The topological polar surface area (TPSA) is 48.8 Å². The third-order valence-electron chi connectivity index (χ3n) is 4.28. The minimum atomic E-state index is -0.334. The number of hydrogen-bond acceptors (Lipinski definition) is 4.